The molecule has 1 aromatic heterocycles. The van der Waals surface area contributed by atoms with E-state index in [1.165, 1.54) is 56.2 Å². The Bertz CT molecular complexity index is 4200. The Morgan fingerprint density at radius 2 is 1.47 bits per heavy atom. The number of rotatable bonds is 12. The number of aryl methyl sites for hydroxylation is 2. The molecule has 5 aromatic rings. The molecule has 1 heterocycles. The van der Waals surface area contributed by atoms with Crippen LogP contribution in [0.3, 0.4) is 0 Å². The monoisotopic (exact) mass is 1180 g/mol. The van der Waals surface area contributed by atoms with Crippen molar-refractivity contribution in [3.63, 3.8) is 0 Å². The average Bonchev–Trinajstić information content (AvgIpc) is 1.60. The number of fused-ring (bicyclic) bond motifs is 8. The molecule has 0 aliphatic heterocycles. The highest BCUT2D eigenvalue weighted by Gasteiger charge is 2.63. The minimum atomic E-state index is -1.45. The molecule has 1 fully saturated rings. The lowest BCUT2D eigenvalue weighted by Crippen LogP contribution is -2.52. The van der Waals surface area contributed by atoms with Gasteiger partial charge in [-0.3, -0.25) is 0 Å². The molecule has 14 unspecified atom stereocenters. The lowest BCUT2D eigenvalue weighted by atomic mass is 9.52. The lowest BCUT2D eigenvalue weighted by molar-refractivity contribution is 0.144. The first kappa shape index (κ1) is 57.5. The summed E-state index contributed by atoms with van der Waals surface area (Å²) in [5.74, 6) is -0.165. The van der Waals surface area contributed by atoms with E-state index in [9.17, 15) is 0 Å². The van der Waals surface area contributed by atoms with Gasteiger partial charge in [-0.2, -0.15) is 0 Å². The van der Waals surface area contributed by atoms with Crippen LogP contribution in [-0.4, -0.2) is 24.3 Å². The predicted molar refractivity (Wildman–Crippen MR) is 358 cm³/mol. The van der Waals surface area contributed by atoms with Crippen molar-refractivity contribution in [3.8, 4) is 0 Å². The fraction of sp³-hybridized carbons (Fsp3) is 0.341. The standard InChI is InChI=1S/C82H80F4N2O/c1-7-53-21-25-55(26-22-53)81(71-41-49(3)17-19-51(71)5)69-15-11-9-13-63(69)65-35-31-61(47-73(65)81)87(77-37-29-57(83)43-75(77)85)59-33-39-79-67(45-59)68-46-60(34-40-80(68)89-79)88(78-38-30-58(84)44-76(78)86)62-32-36-66-64-14-10-12-16-70(64)82(74(66)48-62,56-27-23-54(8-2)24-28-56)72-42-50(4)18-20-52(72)6/h7-11,13-15,17-21,23,25-27,29-37,39-41,43,45-46,53,61-63,65-66,69,72-74,76,78H,1-2,12,16,22,24,28,38,42,44,47-48H2,3-6H3. The van der Waals surface area contributed by atoms with Crippen molar-refractivity contribution in [1.82, 2.24) is 0 Å². The van der Waals surface area contributed by atoms with E-state index >= 15 is 17.6 Å². The third kappa shape index (κ3) is 9.23. The Kier molecular flexibility index (Phi) is 14.6. The van der Waals surface area contributed by atoms with E-state index in [1.54, 1.807) is 17.7 Å². The predicted octanol–water partition coefficient (Wildman–Crippen LogP) is 21.3. The normalized spacial score (nSPS) is 32.5. The van der Waals surface area contributed by atoms with Gasteiger partial charge in [0.25, 0.3) is 0 Å². The molecule has 10 aliphatic rings. The number of allylic oxidation sites excluding steroid dienone is 25. The second-order valence-electron chi connectivity index (χ2n) is 27.5. The van der Waals surface area contributed by atoms with Crippen LogP contribution in [0, 0.1) is 78.2 Å². The highest BCUT2D eigenvalue weighted by atomic mass is 19.1. The van der Waals surface area contributed by atoms with Crippen LogP contribution in [0.4, 0.5) is 34.6 Å². The van der Waals surface area contributed by atoms with Gasteiger partial charge >= 0.3 is 0 Å². The first-order valence-corrected chi connectivity index (χ1v) is 32.8. The molecule has 0 bridgehead atoms. The van der Waals surface area contributed by atoms with Gasteiger partial charge in [-0.25, -0.2) is 17.6 Å². The minimum Gasteiger partial charge on any atom is -0.456 e. The molecule has 15 rings (SSSR count). The van der Waals surface area contributed by atoms with Gasteiger partial charge in [0.1, 0.15) is 29.0 Å². The van der Waals surface area contributed by atoms with Gasteiger partial charge in [0.2, 0.25) is 0 Å². The summed E-state index contributed by atoms with van der Waals surface area (Å²) in [4.78, 5) is 4.38. The Labute approximate surface area is 523 Å². The van der Waals surface area contributed by atoms with Crippen LogP contribution < -0.4 is 9.80 Å². The summed E-state index contributed by atoms with van der Waals surface area (Å²) in [5.41, 5.74) is 16.2. The molecule has 4 aromatic carbocycles. The van der Waals surface area contributed by atoms with E-state index in [2.05, 4.69) is 190 Å². The van der Waals surface area contributed by atoms with Crippen LogP contribution >= 0.6 is 0 Å². The van der Waals surface area contributed by atoms with Crippen LogP contribution in [0.1, 0.15) is 94.7 Å². The summed E-state index contributed by atoms with van der Waals surface area (Å²) in [6.45, 7) is 17.4. The number of benzene rings is 4. The Morgan fingerprint density at radius 3 is 2.24 bits per heavy atom. The summed E-state index contributed by atoms with van der Waals surface area (Å²) in [5, 5.41) is 1.67. The van der Waals surface area contributed by atoms with Crippen molar-refractivity contribution in [2.75, 3.05) is 9.80 Å². The van der Waals surface area contributed by atoms with Crippen molar-refractivity contribution in [2.24, 2.45) is 52.8 Å². The number of alkyl halides is 1. The average molecular weight is 1190 g/mol. The summed E-state index contributed by atoms with van der Waals surface area (Å²) in [6.07, 6.45) is 51.4. The van der Waals surface area contributed by atoms with E-state index in [-0.39, 0.29) is 83.4 Å². The Balaban J connectivity index is 0.857. The molecule has 1 saturated carbocycles. The lowest BCUT2D eigenvalue weighted by Gasteiger charge is -2.53. The van der Waals surface area contributed by atoms with Gasteiger partial charge in [0, 0.05) is 57.4 Å². The summed E-state index contributed by atoms with van der Waals surface area (Å²) in [6, 6.07) is 22.0. The SMILES string of the molecule is C=CC1=CC=C(C2(C3CC(C)=CC=C3C)C3=C(C=CCC3)C3C=CC(N(c4ccc5oc6ccc(N(c7ccc(F)cc7F)C7C=CC8C9C=CC=CC9C(C9=CCC(C=C)C=C9)(c9cc(C)ccc9C)C8C7)cc6c5c4)C4CC=C(F)CC4F)CC32)CC1. The van der Waals surface area contributed by atoms with E-state index in [4.69, 9.17) is 4.42 Å². The molecular formula is C82H80F4N2O. The van der Waals surface area contributed by atoms with Gasteiger partial charge < -0.3 is 14.2 Å². The number of hydrogen-bond acceptors (Lipinski definition) is 3. The molecule has 0 amide bonds. The van der Waals surface area contributed by atoms with Crippen LogP contribution in [-0.2, 0) is 5.41 Å². The molecule has 0 spiro atoms. The highest BCUT2D eigenvalue weighted by molar-refractivity contribution is 6.07. The second-order valence-corrected chi connectivity index (χ2v) is 27.5. The van der Waals surface area contributed by atoms with E-state index in [0.717, 1.165) is 73.2 Å². The zero-order valence-electron chi connectivity index (χ0n) is 51.7. The minimum absolute atomic E-state index is 0.0821. The smallest absolute Gasteiger partial charge is 0.149 e. The summed E-state index contributed by atoms with van der Waals surface area (Å²) < 4.78 is 71.5. The third-order valence-electron chi connectivity index (χ3n) is 23.0. The number of halogens is 4. The maximum atomic E-state index is 17.2. The third-order valence-corrected chi connectivity index (χ3v) is 23.0. The van der Waals surface area contributed by atoms with E-state index in [1.807, 2.05) is 30.4 Å². The van der Waals surface area contributed by atoms with Gasteiger partial charge in [0.15, 0.2) is 0 Å². The zero-order chi connectivity index (χ0) is 61.0. The molecule has 7 heteroatoms. The maximum Gasteiger partial charge on any atom is 0.149 e. The zero-order valence-corrected chi connectivity index (χ0v) is 51.7. The van der Waals surface area contributed by atoms with Crippen molar-refractivity contribution in [3.05, 3.63) is 281 Å². The Morgan fingerprint density at radius 1 is 0.674 bits per heavy atom. The van der Waals surface area contributed by atoms with Gasteiger partial charge in [0.05, 0.1) is 23.6 Å². The molecule has 0 saturated heterocycles. The number of furan rings is 1. The summed E-state index contributed by atoms with van der Waals surface area (Å²) in [7, 11) is 0. The van der Waals surface area contributed by atoms with E-state index < -0.39 is 35.1 Å². The fourth-order valence-electron chi connectivity index (χ4n) is 19.1. The van der Waals surface area contributed by atoms with Crippen molar-refractivity contribution >= 4 is 39.0 Å². The summed E-state index contributed by atoms with van der Waals surface area (Å²) >= 11 is 0. The Hall–Kier alpha value is -7.90. The van der Waals surface area contributed by atoms with Crippen molar-refractivity contribution in [2.45, 2.75) is 122 Å². The molecule has 89 heavy (non-hydrogen) atoms. The van der Waals surface area contributed by atoms with E-state index in [0.29, 0.717) is 17.6 Å². The van der Waals surface area contributed by atoms with Crippen molar-refractivity contribution < 1.29 is 22.0 Å². The fourth-order valence-corrected chi connectivity index (χ4v) is 19.1. The largest absolute Gasteiger partial charge is 0.456 e. The molecular weight excluding hydrogens is 1100 g/mol. The topological polar surface area (TPSA) is 19.6 Å². The second kappa shape index (κ2) is 22.5. The molecule has 452 valence electrons. The quantitative estimate of drug-likeness (QED) is 0.0917. The van der Waals surface area contributed by atoms with Gasteiger partial charge in [-0.15, -0.1) is 6.58 Å². The molecule has 0 N–H and O–H groups in total. The van der Waals surface area contributed by atoms with Crippen LogP contribution in [0.15, 0.2) is 257 Å². The highest BCUT2D eigenvalue weighted by Crippen LogP contribution is 2.69. The number of hydrogen-bond donors (Lipinski definition) is 0. The number of nitrogens with zero attached hydrogens (tertiary/aromatic N) is 2. The maximum absolute atomic E-state index is 17.2. The molecule has 0 radical (unpaired) electrons. The van der Waals surface area contributed by atoms with Gasteiger partial charge in [-0.05, 0) is 203 Å². The van der Waals surface area contributed by atoms with Gasteiger partial charge in [-0.1, -0.05) is 174 Å². The van der Waals surface area contributed by atoms with Crippen LogP contribution in [0.25, 0.3) is 21.9 Å². The molecule has 3 nitrogen and oxygen atoms in total. The number of anilines is 3. The van der Waals surface area contributed by atoms with Crippen LogP contribution in [0.5, 0.6) is 0 Å². The van der Waals surface area contributed by atoms with Crippen molar-refractivity contribution in [1.29, 1.82) is 0 Å². The molecule has 14 atom stereocenters. The van der Waals surface area contributed by atoms with Crippen LogP contribution in [0.2, 0.25) is 0 Å². The molecule has 10 aliphatic carbocycles. The first-order chi connectivity index (χ1) is 43.3. The first-order valence-electron chi connectivity index (χ1n) is 32.8.